The topological polar surface area (TPSA) is 58.5 Å². The highest BCUT2D eigenvalue weighted by Crippen LogP contribution is 2.15. The van der Waals surface area contributed by atoms with E-state index < -0.39 is 0 Å². The summed E-state index contributed by atoms with van der Waals surface area (Å²) in [5.74, 6) is 0.823. The SMILES string of the molecule is CN=C(NCCCOC)NCCc1cccc2cccnc12. The molecule has 22 heavy (non-hydrogen) atoms. The van der Waals surface area contributed by atoms with Gasteiger partial charge < -0.3 is 15.4 Å². The lowest BCUT2D eigenvalue weighted by atomic mass is 10.1. The van der Waals surface area contributed by atoms with Crippen molar-refractivity contribution in [1.29, 1.82) is 0 Å². The molecule has 0 aliphatic heterocycles. The summed E-state index contributed by atoms with van der Waals surface area (Å²) in [4.78, 5) is 8.70. The summed E-state index contributed by atoms with van der Waals surface area (Å²) in [5, 5.41) is 7.78. The Kier molecular flexibility index (Phi) is 6.64. The van der Waals surface area contributed by atoms with Gasteiger partial charge in [-0.25, -0.2) is 0 Å². The molecule has 2 N–H and O–H groups in total. The maximum atomic E-state index is 5.03. The van der Waals surface area contributed by atoms with Crippen LogP contribution in [-0.2, 0) is 11.2 Å². The summed E-state index contributed by atoms with van der Waals surface area (Å²) in [6, 6.07) is 10.4. The maximum Gasteiger partial charge on any atom is 0.190 e. The van der Waals surface area contributed by atoms with Gasteiger partial charge in [-0.3, -0.25) is 9.98 Å². The van der Waals surface area contributed by atoms with E-state index in [0.29, 0.717) is 0 Å². The van der Waals surface area contributed by atoms with Gasteiger partial charge >= 0.3 is 0 Å². The number of nitrogens with zero attached hydrogens (tertiary/aromatic N) is 2. The molecule has 0 saturated heterocycles. The second kappa shape index (κ2) is 9.00. The minimum Gasteiger partial charge on any atom is -0.385 e. The summed E-state index contributed by atoms with van der Waals surface area (Å²) < 4.78 is 5.03. The van der Waals surface area contributed by atoms with Crippen LogP contribution in [0.25, 0.3) is 10.9 Å². The second-order valence-electron chi connectivity index (χ2n) is 5.01. The first-order valence-electron chi connectivity index (χ1n) is 7.61. The van der Waals surface area contributed by atoms with Gasteiger partial charge in [0.2, 0.25) is 0 Å². The minimum absolute atomic E-state index is 0.756. The van der Waals surface area contributed by atoms with E-state index in [1.54, 1.807) is 14.2 Å². The molecule has 1 heterocycles. The van der Waals surface area contributed by atoms with Gasteiger partial charge in [-0.2, -0.15) is 0 Å². The van der Waals surface area contributed by atoms with Crippen molar-refractivity contribution in [2.24, 2.45) is 4.99 Å². The van der Waals surface area contributed by atoms with Crippen molar-refractivity contribution in [3.63, 3.8) is 0 Å². The predicted molar refractivity (Wildman–Crippen MR) is 91.3 cm³/mol. The molecule has 0 amide bonds. The van der Waals surface area contributed by atoms with Crippen LogP contribution in [0, 0.1) is 0 Å². The summed E-state index contributed by atoms with van der Waals surface area (Å²) in [6.45, 7) is 2.43. The van der Waals surface area contributed by atoms with Crippen LogP contribution < -0.4 is 10.6 Å². The van der Waals surface area contributed by atoms with Crippen LogP contribution in [0.15, 0.2) is 41.5 Å². The fourth-order valence-electron chi connectivity index (χ4n) is 2.33. The molecule has 1 aromatic carbocycles. The van der Waals surface area contributed by atoms with Crippen LogP contribution in [0.5, 0.6) is 0 Å². The number of aliphatic imine (C=N–C) groups is 1. The van der Waals surface area contributed by atoms with Crippen LogP contribution >= 0.6 is 0 Å². The van der Waals surface area contributed by atoms with E-state index in [1.165, 1.54) is 10.9 Å². The number of ether oxygens (including phenoxy) is 1. The van der Waals surface area contributed by atoms with Crippen LogP contribution in [0.3, 0.4) is 0 Å². The molecule has 0 radical (unpaired) electrons. The Morgan fingerprint density at radius 2 is 2.00 bits per heavy atom. The number of hydrogen-bond donors (Lipinski definition) is 2. The Bertz CT molecular complexity index is 607. The smallest absolute Gasteiger partial charge is 0.190 e. The van der Waals surface area contributed by atoms with Crippen LogP contribution in [-0.4, -0.2) is 44.8 Å². The molecule has 0 aliphatic carbocycles. The van der Waals surface area contributed by atoms with Gasteiger partial charge in [0.05, 0.1) is 5.52 Å². The fraction of sp³-hybridized carbons (Fsp3) is 0.412. The first-order valence-corrected chi connectivity index (χ1v) is 7.61. The number of aromatic nitrogens is 1. The van der Waals surface area contributed by atoms with E-state index in [-0.39, 0.29) is 0 Å². The van der Waals surface area contributed by atoms with Crippen LogP contribution in [0.4, 0.5) is 0 Å². The van der Waals surface area contributed by atoms with Crippen molar-refractivity contribution < 1.29 is 4.74 Å². The van der Waals surface area contributed by atoms with E-state index in [4.69, 9.17) is 4.74 Å². The molecule has 5 heteroatoms. The van der Waals surface area contributed by atoms with Crippen LogP contribution in [0.2, 0.25) is 0 Å². The molecule has 2 aromatic rings. The third-order valence-electron chi connectivity index (χ3n) is 3.44. The molecule has 0 atom stereocenters. The number of nitrogens with one attached hydrogen (secondary N) is 2. The third-order valence-corrected chi connectivity index (χ3v) is 3.44. The molecule has 0 fully saturated rings. The summed E-state index contributed by atoms with van der Waals surface area (Å²) in [7, 11) is 3.50. The Morgan fingerprint density at radius 3 is 2.82 bits per heavy atom. The number of methoxy groups -OCH3 is 1. The predicted octanol–water partition coefficient (Wildman–Crippen LogP) is 1.98. The van der Waals surface area contributed by atoms with Crippen LogP contribution in [0.1, 0.15) is 12.0 Å². The van der Waals surface area contributed by atoms with Crippen molar-refractivity contribution in [3.8, 4) is 0 Å². The molecular weight excluding hydrogens is 276 g/mol. The van der Waals surface area contributed by atoms with Gasteiger partial charge in [0, 0.05) is 45.4 Å². The van der Waals surface area contributed by atoms with Crippen molar-refractivity contribution in [3.05, 3.63) is 42.1 Å². The number of hydrogen-bond acceptors (Lipinski definition) is 3. The first kappa shape index (κ1) is 16.2. The quantitative estimate of drug-likeness (QED) is 0.466. The Hall–Kier alpha value is -2.14. The summed E-state index contributed by atoms with van der Waals surface area (Å²) >= 11 is 0. The lowest BCUT2D eigenvalue weighted by molar-refractivity contribution is 0.195. The number of para-hydroxylation sites is 1. The highest BCUT2D eigenvalue weighted by Gasteiger charge is 2.02. The van der Waals surface area contributed by atoms with Gasteiger partial charge in [-0.1, -0.05) is 24.3 Å². The van der Waals surface area contributed by atoms with E-state index in [1.807, 2.05) is 12.3 Å². The highest BCUT2D eigenvalue weighted by atomic mass is 16.5. The lowest BCUT2D eigenvalue weighted by Crippen LogP contribution is -2.39. The Morgan fingerprint density at radius 1 is 1.18 bits per heavy atom. The maximum absolute atomic E-state index is 5.03. The molecule has 5 nitrogen and oxygen atoms in total. The number of pyridine rings is 1. The average molecular weight is 300 g/mol. The van der Waals surface area contributed by atoms with E-state index in [0.717, 1.165) is 44.0 Å². The molecule has 0 aliphatic rings. The van der Waals surface area contributed by atoms with Crippen molar-refractivity contribution in [2.75, 3.05) is 33.9 Å². The second-order valence-corrected chi connectivity index (χ2v) is 5.01. The van der Waals surface area contributed by atoms with Gasteiger partial charge in [0.15, 0.2) is 5.96 Å². The Balaban J connectivity index is 1.84. The number of guanidine groups is 1. The molecular formula is C17H24N4O. The monoisotopic (exact) mass is 300 g/mol. The van der Waals surface area contributed by atoms with E-state index in [9.17, 15) is 0 Å². The number of fused-ring (bicyclic) bond motifs is 1. The Labute approximate surface area is 131 Å². The molecule has 118 valence electrons. The number of rotatable bonds is 7. The van der Waals surface area contributed by atoms with E-state index >= 15 is 0 Å². The molecule has 0 saturated carbocycles. The van der Waals surface area contributed by atoms with Crippen molar-refractivity contribution in [1.82, 2.24) is 15.6 Å². The van der Waals surface area contributed by atoms with Gasteiger partial charge in [0.1, 0.15) is 0 Å². The highest BCUT2D eigenvalue weighted by molar-refractivity contribution is 5.82. The van der Waals surface area contributed by atoms with Gasteiger partial charge in [-0.05, 0) is 24.5 Å². The summed E-state index contributed by atoms with van der Waals surface area (Å²) in [6.07, 6.45) is 3.72. The molecule has 0 spiro atoms. The third kappa shape index (κ3) is 4.70. The molecule has 0 unspecified atom stereocenters. The zero-order valence-electron chi connectivity index (χ0n) is 13.3. The fourth-order valence-corrected chi connectivity index (χ4v) is 2.33. The number of benzene rings is 1. The lowest BCUT2D eigenvalue weighted by Gasteiger charge is -2.12. The zero-order valence-corrected chi connectivity index (χ0v) is 13.3. The van der Waals surface area contributed by atoms with E-state index in [2.05, 4.69) is 44.9 Å². The molecule has 0 bridgehead atoms. The first-order chi connectivity index (χ1) is 10.8. The molecule has 2 rings (SSSR count). The average Bonchev–Trinajstić information content (AvgIpc) is 2.57. The minimum atomic E-state index is 0.756. The van der Waals surface area contributed by atoms with Gasteiger partial charge in [0.25, 0.3) is 0 Å². The largest absolute Gasteiger partial charge is 0.385 e. The summed E-state index contributed by atoms with van der Waals surface area (Å²) in [5.41, 5.74) is 2.33. The molecule has 1 aromatic heterocycles. The standard InChI is InChI=1S/C17H24N4O/c1-18-17(20-11-5-13-22-2)21-12-9-15-7-3-6-14-8-4-10-19-16(14)15/h3-4,6-8,10H,5,9,11-13H2,1-2H3,(H2,18,20,21). The van der Waals surface area contributed by atoms with Crippen molar-refractivity contribution >= 4 is 16.9 Å². The zero-order chi connectivity index (χ0) is 15.6. The van der Waals surface area contributed by atoms with Gasteiger partial charge in [-0.15, -0.1) is 0 Å². The van der Waals surface area contributed by atoms with Crippen molar-refractivity contribution in [2.45, 2.75) is 12.8 Å². The normalized spacial score (nSPS) is 11.6.